The first kappa shape index (κ1) is 21.8. The van der Waals surface area contributed by atoms with E-state index in [4.69, 9.17) is 10.1 Å². The van der Waals surface area contributed by atoms with Crippen LogP contribution < -0.4 is 0 Å². The van der Waals surface area contributed by atoms with E-state index in [1.54, 1.807) is 6.21 Å². The number of unbranched alkanes of at least 4 members (excludes halogenated alkanes) is 1. The molecule has 2 N–H and O–H groups in total. The summed E-state index contributed by atoms with van der Waals surface area (Å²) < 4.78 is 0. The van der Waals surface area contributed by atoms with Crippen molar-refractivity contribution in [1.82, 2.24) is 0 Å². The number of aliphatic hydroxyl groups excluding tert-OH is 1. The highest BCUT2D eigenvalue weighted by Gasteiger charge is 2.57. The largest absolute Gasteiger partial charge is 0.481 e. The lowest BCUT2D eigenvalue weighted by Crippen LogP contribution is -2.57. The second-order valence-corrected chi connectivity index (χ2v) is 9.38. The van der Waals surface area contributed by atoms with Gasteiger partial charge in [-0.3, -0.25) is 9.79 Å². The van der Waals surface area contributed by atoms with E-state index >= 15 is 0 Å². The summed E-state index contributed by atoms with van der Waals surface area (Å²) in [5, 5.41) is 19.1. The summed E-state index contributed by atoms with van der Waals surface area (Å²) in [5.74, 6) is 1.19. The van der Waals surface area contributed by atoms with Gasteiger partial charge in [0.15, 0.2) is 0 Å². The third kappa shape index (κ3) is 5.57. The number of aliphatic carboxylic acids is 1. The molecule has 1 aromatic carbocycles. The summed E-state index contributed by atoms with van der Waals surface area (Å²) in [5.41, 5.74) is 1.51. The Hall–Kier alpha value is -1.94. The van der Waals surface area contributed by atoms with Crippen LogP contribution in [0.2, 0.25) is 0 Å². The number of rotatable bonds is 10. The highest BCUT2D eigenvalue weighted by atomic mass is 16.4. The molecule has 1 unspecified atom stereocenters. The van der Waals surface area contributed by atoms with Crippen molar-refractivity contribution >= 4 is 12.2 Å². The third-order valence-electron chi connectivity index (χ3n) is 7.16. The zero-order chi connectivity index (χ0) is 20.9. The van der Waals surface area contributed by atoms with E-state index in [1.807, 2.05) is 30.3 Å². The summed E-state index contributed by atoms with van der Waals surface area (Å²) >= 11 is 0. The molecule has 158 valence electrons. The molecule has 3 saturated carbocycles. The average Bonchev–Trinajstić information content (AvgIpc) is 2.69. The van der Waals surface area contributed by atoms with Crippen LogP contribution >= 0.6 is 0 Å². The topological polar surface area (TPSA) is 69.9 Å². The number of carboxylic acid groups (broad SMARTS) is 1. The Balaban J connectivity index is 1.57. The van der Waals surface area contributed by atoms with E-state index in [1.165, 1.54) is 6.42 Å². The second-order valence-electron chi connectivity index (χ2n) is 9.38. The lowest BCUT2D eigenvalue weighted by Gasteiger charge is -2.62. The molecule has 4 rings (SSSR count). The number of fused-ring (bicyclic) bond motifs is 2. The molecule has 0 spiro atoms. The molecule has 1 aromatic rings. The Labute approximate surface area is 174 Å². The molecule has 4 nitrogen and oxygen atoms in total. The van der Waals surface area contributed by atoms with Gasteiger partial charge in [0.25, 0.3) is 0 Å². The zero-order valence-corrected chi connectivity index (χ0v) is 17.7. The molecular weight excluding hydrogens is 362 g/mol. The van der Waals surface area contributed by atoms with Crippen LogP contribution in [0.15, 0.2) is 47.5 Å². The quantitative estimate of drug-likeness (QED) is 0.335. The molecule has 0 radical (unpaired) electrons. The van der Waals surface area contributed by atoms with Crippen LogP contribution in [0.4, 0.5) is 0 Å². The Morgan fingerprint density at radius 1 is 1.24 bits per heavy atom. The first-order chi connectivity index (χ1) is 13.9. The van der Waals surface area contributed by atoms with Crippen molar-refractivity contribution in [3.8, 4) is 0 Å². The number of benzene rings is 1. The smallest absolute Gasteiger partial charge is 0.303 e. The maximum absolute atomic E-state index is 10.6. The molecule has 5 atom stereocenters. The van der Waals surface area contributed by atoms with Crippen molar-refractivity contribution < 1.29 is 15.0 Å². The molecule has 29 heavy (non-hydrogen) atoms. The van der Waals surface area contributed by atoms with Crippen molar-refractivity contribution in [2.24, 2.45) is 28.2 Å². The van der Waals surface area contributed by atoms with Crippen LogP contribution in [0.25, 0.3) is 0 Å². The minimum atomic E-state index is -0.726. The van der Waals surface area contributed by atoms with Gasteiger partial charge in [0.2, 0.25) is 0 Å². The van der Waals surface area contributed by atoms with Crippen LogP contribution in [-0.4, -0.2) is 34.5 Å². The van der Waals surface area contributed by atoms with Gasteiger partial charge >= 0.3 is 5.97 Å². The average molecular weight is 398 g/mol. The Bertz CT molecular complexity index is 725. The predicted octanol–water partition coefficient (Wildman–Crippen LogP) is 4.91. The van der Waals surface area contributed by atoms with E-state index in [0.717, 1.165) is 30.7 Å². The number of hydrogen-bond donors (Lipinski definition) is 2. The maximum atomic E-state index is 10.6. The Morgan fingerprint density at radius 3 is 2.69 bits per heavy atom. The van der Waals surface area contributed by atoms with Gasteiger partial charge in [-0.15, -0.1) is 0 Å². The van der Waals surface area contributed by atoms with E-state index in [-0.39, 0.29) is 12.5 Å². The number of hydrogen-bond acceptors (Lipinski definition) is 3. The van der Waals surface area contributed by atoms with Crippen LogP contribution in [0.3, 0.4) is 0 Å². The predicted molar refractivity (Wildman–Crippen MR) is 117 cm³/mol. The van der Waals surface area contributed by atoms with E-state index in [0.29, 0.717) is 30.1 Å². The number of nitrogens with zero attached hydrogens (tertiary/aromatic N) is 1. The second kappa shape index (κ2) is 9.71. The van der Waals surface area contributed by atoms with Gasteiger partial charge in [-0.25, -0.2) is 0 Å². The van der Waals surface area contributed by atoms with Gasteiger partial charge in [-0.2, -0.15) is 0 Å². The normalized spacial score (nSPS) is 29.1. The first-order valence-corrected chi connectivity index (χ1v) is 11.0. The van der Waals surface area contributed by atoms with Crippen molar-refractivity contribution in [3.05, 3.63) is 48.0 Å². The van der Waals surface area contributed by atoms with Gasteiger partial charge in [-0.05, 0) is 60.8 Å². The van der Waals surface area contributed by atoms with E-state index in [2.05, 4.69) is 26.0 Å². The summed E-state index contributed by atoms with van der Waals surface area (Å²) in [6, 6.07) is 10.3. The number of aliphatic hydroxyl groups is 1. The fraction of sp³-hybridized carbons (Fsp3) is 0.600. The van der Waals surface area contributed by atoms with Gasteiger partial charge in [0.05, 0.1) is 12.1 Å². The maximum Gasteiger partial charge on any atom is 0.303 e. The molecule has 0 heterocycles. The molecule has 2 bridgehead atoms. The summed E-state index contributed by atoms with van der Waals surface area (Å²) in [6.07, 6.45) is 11.3. The minimum absolute atomic E-state index is 0.233. The number of carbonyl (C=O) groups is 1. The molecule has 0 amide bonds. The fourth-order valence-corrected chi connectivity index (χ4v) is 5.27. The van der Waals surface area contributed by atoms with Crippen molar-refractivity contribution in [2.75, 3.05) is 0 Å². The number of aliphatic imine (C=N–C) groups is 1. The van der Waals surface area contributed by atoms with Gasteiger partial charge in [-0.1, -0.05) is 56.3 Å². The summed E-state index contributed by atoms with van der Waals surface area (Å²) in [4.78, 5) is 15.5. The monoisotopic (exact) mass is 397 g/mol. The van der Waals surface area contributed by atoms with Gasteiger partial charge < -0.3 is 10.2 Å². The molecule has 3 aliphatic rings. The SMILES string of the molecule is CC1(C)[C@@H]2C[C@H](N=CC(O)Cc3ccccc3)[C@@H](C/C=C\CCCC(=O)O)[C@H]1C2. The van der Waals surface area contributed by atoms with Crippen LogP contribution in [-0.2, 0) is 11.2 Å². The van der Waals surface area contributed by atoms with Gasteiger partial charge in [0, 0.05) is 19.1 Å². The highest BCUT2D eigenvalue weighted by Crippen LogP contribution is 2.62. The standard InChI is InChI=1S/C25H35NO3/c1-25(2)19-15-22(25)21(12-8-3-4-9-13-24(28)29)23(16-19)26-17-20(27)14-18-10-6-5-7-11-18/h3,5-8,10-11,17,19-23,27H,4,9,12-16H2,1-2H3,(H,28,29)/b8-3-,26-17?/t19-,20?,21-,22+,23-/m0/s1. The number of allylic oxidation sites excluding steroid dienone is 2. The Kier molecular flexibility index (Phi) is 7.28. The molecule has 4 heteroatoms. The van der Waals surface area contributed by atoms with Crippen molar-refractivity contribution in [3.63, 3.8) is 0 Å². The summed E-state index contributed by atoms with van der Waals surface area (Å²) in [6.45, 7) is 4.78. The fourth-order valence-electron chi connectivity index (χ4n) is 5.27. The number of carboxylic acids is 1. The Morgan fingerprint density at radius 2 is 2.00 bits per heavy atom. The van der Waals surface area contributed by atoms with Crippen molar-refractivity contribution in [1.29, 1.82) is 0 Å². The minimum Gasteiger partial charge on any atom is -0.481 e. The molecular formula is C25H35NO3. The van der Waals surface area contributed by atoms with Crippen LogP contribution in [0.5, 0.6) is 0 Å². The van der Waals surface area contributed by atoms with E-state index < -0.39 is 12.1 Å². The molecule has 0 aromatic heterocycles. The molecule has 3 fully saturated rings. The van der Waals surface area contributed by atoms with Crippen LogP contribution in [0.1, 0.15) is 57.9 Å². The molecule has 0 aliphatic heterocycles. The highest BCUT2D eigenvalue weighted by molar-refractivity contribution is 5.66. The molecule has 0 saturated heterocycles. The summed E-state index contributed by atoms with van der Waals surface area (Å²) in [7, 11) is 0. The van der Waals surface area contributed by atoms with Crippen molar-refractivity contribution in [2.45, 2.75) is 70.9 Å². The lowest BCUT2D eigenvalue weighted by atomic mass is 9.44. The van der Waals surface area contributed by atoms with E-state index in [9.17, 15) is 9.90 Å². The lowest BCUT2D eigenvalue weighted by molar-refractivity contribution is -0.137. The first-order valence-electron chi connectivity index (χ1n) is 11.0. The van der Waals surface area contributed by atoms with Gasteiger partial charge in [0.1, 0.15) is 0 Å². The zero-order valence-electron chi connectivity index (χ0n) is 17.7. The molecule has 3 aliphatic carbocycles. The van der Waals surface area contributed by atoms with Crippen LogP contribution in [0, 0.1) is 23.2 Å². The third-order valence-corrected chi connectivity index (χ3v) is 7.16.